The van der Waals surface area contributed by atoms with Gasteiger partial charge in [0.1, 0.15) is 0 Å². The summed E-state index contributed by atoms with van der Waals surface area (Å²) in [7, 11) is 0. The summed E-state index contributed by atoms with van der Waals surface area (Å²) < 4.78 is -1.10. The first-order valence-corrected chi connectivity index (χ1v) is 10.3. The Kier molecular flexibility index (Phi) is 6.75. The molecule has 0 spiro atoms. The van der Waals surface area contributed by atoms with Crippen molar-refractivity contribution < 1.29 is 4.92 Å². The van der Waals surface area contributed by atoms with Gasteiger partial charge in [-0.15, -0.1) is 0 Å². The third-order valence-electron chi connectivity index (χ3n) is 4.17. The van der Waals surface area contributed by atoms with E-state index in [1.54, 1.807) is 0 Å². The highest BCUT2D eigenvalue weighted by molar-refractivity contribution is 8.18. The van der Waals surface area contributed by atoms with Crippen molar-refractivity contribution in [3.63, 3.8) is 0 Å². The Hall–Kier alpha value is -2.75. The van der Waals surface area contributed by atoms with E-state index in [4.69, 9.17) is 0 Å². The maximum Gasteiger partial charge on any atom is 0.213 e. The highest BCUT2D eigenvalue weighted by Crippen LogP contribution is 2.53. The van der Waals surface area contributed by atoms with Crippen molar-refractivity contribution in [2.75, 3.05) is 6.54 Å². The second-order valence-corrected chi connectivity index (χ2v) is 8.99. The number of hydrogen-bond donors (Lipinski definition) is 0. The third kappa shape index (κ3) is 4.94. The molecule has 140 valence electrons. The predicted octanol–water partition coefficient (Wildman–Crippen LogP) is 5.85. The van der Waals surface area contributed by atoms with Crippen molar-refractivity contribution in [2.45, 2.75) is 19.8 Å². The molecule has 0 amide bonds. The van der Waals surface area contributed by atoms with E-state index in [0.717, 1.165) is 15.4 Å². The Morgan fingerprint density at radius 2 is 1.29 bits per heavy atom. The molecule has 0 aliphatic carbocycles. The topological polar surface area (TPSA) is 66.9 Å². The number of nitrogens with zero attached hydrogens (tertiary/aromatic N) is 2. The summed E-state index contributed by atoms with van der Waals surface area (Å²) >= 11 is 2.75. The molecule has 0 heterocycles. The van der Waals surface area contributed by atoms with Crippen LogP contribution in [0.15, 0.2) is 101 Å². The fourth-order valence-corrected chi connectivity index (χ4v) is 5.72. The first-order chi connectivity index (χ1) is 13.6. The number of benzene rings is 3. The molecule has 4 nitrogen and oxygen atoms in total. The molecule has 0 aliphatic rings. The van der Waals surface area contributed by atoms with Crippen LogP contribution in [0.2, 0.25) is 0 Å². The second-order valence-electron chi connectivity index (χ2n) is 6.09. The van der Waals surface area contributed by atoms with Crippen molar-refractivity contribution in [1.82, 2.24) is 0 Å². The zero-order valence-electron chi connectivity index (χ0n) is 15.0. The molecule has 1 atom stereocenters. The molecule has 0 radical (unpaired) electrons. The maximum absolute atomic E-state index is 11.5. The molecule has 0 aliphatic heterocycles. The van der Waals surface area contributed by atoms with E-state index in [1.807, 2.05) is 91.0 Å². The zero-order valence-corrected chi connectivity index (χ0v) is 16.6. The van der Waals surface area contributed by atoms with Gasteiger partial charge in [0, 0.05) is 14.7 Å². The molecule has 3 aromatic carbocycles. The molecule has 6 heteroatoms. The van der Waals surface area contributed by atoms with Crippen LogP contribution in [0.4, 0.5) is 0 Å². The highest BCUT2D eigenvalue weighted by Gasteiger charge is 2.45. The Morgan fingerprint density at radius 1 is 0.857 bits per heavy atom. The predicted molar refractivity (Wildman–Crippen MR) is 114 cm³/mol. The average Bonchev–Trinajstić information content (AvgIpc) is 2.73. The van der Waals surface area contributed by atoms with E-state index in [0.29, 0.717) is 0 Å². The summed E-state index contributed by atoms with van der Waals surface area (Å²) in [5, 5.41) is 21.9. The van der Waals surface area contributed by atoms with Crippen LogP contribution < -0.4 is 0 Å². The minimum absolute atomic E-state index is 0.322. The molecule has 28 heavy (non-hydrogen) atoms. The minimum Gasteiger partial charge on any atom is -0.265 e. The van der Waals surface area contributed by atoms with Gasteiger partial charge < -0.3 is 0 Å². The van der Waals surface area contributed by atoms with Gasteiger partial charge in [0.25, 0.3) is 0 Å². The second kappa shape index (κ2) is 9.45. The van der Waals surface area contributed by atoms with Crippen LogP contribution >= 0.6 is 23.5 Å². The number of thioether (sulfide) groups is 2. The van der Waals surface area contributed by atoms with E-state index >= 15 is 0 Å². The summed E-state index contributed by atoms with van der Waals surface area (Å²) in [5.41, 5.74) is 0.785. The third-order valence-corrected chi connectivity index (χ3v) is 7.05. The van der Waals surface area contributed by atoms with Gasteiger partial charge >= 0.3 is 0 Å². The number of hydrogen-bond acceptors (Lipinski definition) is 5. The number of nitro groups is 1. The zero-order chi connectivity index (χ0) is 19.8. The SMILES string of the molecule is N#CC(Sc1ccccc1)(Sc1ccccc1)[C@@H](C[N+](=O)[O-])c1ccccc1. The minimum atomic E-state index is -1.10. The van der Waals surface area contributed by atoms with Crippen molar-refractivity contribution in [1.29, 1.82) is 5.26 Å². The van der Waals surface area contributed by atoms with Gasteiger partial charge in [0.05, 0.1) is 12.0 Å². The monoisotopic (exact) mass is 406 g/mol. The molecular formula is C22H18N2O2S2. The van der Waals surface area contributed by atoms with Crippen LogP contribution in [0.1, 0.15) is 11.5 Å². The average molecular weight is 407 g/mol. The molecule has 3 rings (SSSR count). The van der Waals surface area contributed by atoms with Gasteiger partial charge in [-0.3, -0.25) is 10.1 Å². The number of rotatable bonds is 8. The van der Waals surface area contributed by atoms with Gasteiger partial charge in [-0.25, -0.2) is 0 Å². The number of nitriles is 1. The van der Waals surface area contributed by atoms with Crippen LogP contribution in [0.5, 0.6) is 0 Å². The summed E-state index contributed by atoms with van der Waals surface area (Å²) in [5.74, 6) is -0.593. The summed E-state index contributed by atoms with van der Waals surface area (Å²) in [4.78, 5) is 13.0. The first kappa shape index (κ1) is 20.0. The lowest BCUT2D eigenvalue weighted by Gasteiger charge is -2.32. The van der Waals surface area contributed by atoms with Crippen molar-refractivity contribution in [2.24, 2.45) is 0 Å². The molecule has 3 aromatic rings. The van der Waals surface area contributed by atoms with Crippen LogP contribution in [0.25, 0.3) is 0 Å². The molecular weight excluding hydrogens is 388 g/mol. The Bertz CT molecular complexity index is 903. The van der Waals surface area contributed by atoms with Gasteiger partial charge in [0.15, 0.2) is 4.08 Å². The lowest BCUT2D eigenvalue weighted by atomic mass is 9.95. The molecule has 0 bridgehead atoms. The lowest BCUT2D eigenvalue weighted by molar-refractivity contribution is -0.483. The van der Waals surface area contributed by atoms with Crippen LogP contribution in [0.3, 0.4) is 0 Å². The molecule has 0 unspecified atom stereocenters. The fraction of sp³-hybridized carbons (Fsp3) is 0.136. The van der Waals surface area contributed by atoms with Crippen LogP contribution in [-0.4, -0.2) is 15.5 Å². The van der Waals surface area contributed by atoms with Gasteiger partial charge in [-0.2, -0.15) is 5.26 Å². The molecule has 0 saturated heterocycles. The summed E-state index contributed by atoms with van der Waals surface area (Å²) in [6.45, 7) is -0.322. The largest absolute Gasteiger partial charge is 0.265 e. The Labute approximate surface area is 172 Å². The fourth-order valence-electron chi connectivity index (χ4n) is 2.89. The highest BCUT2D eigenvalue weighted by atomic mass is 32.2. The van der Waals surface area contributed by atoms with Crippen molar-refractivity contribution in [3.05, 3.63) is 107 Å². The van der Waals surface area contributed by atoms with Crippen LogP contribution in [-0.2, 0) is 0 Å². The normalized spacial score (nSPS) is 12.1. The van der Waals surface area contributed by atoms with E-state index in [2.05, 4.69) is 6.07 Å². The van der Waals surface area contributed by atoms with E-state index in [9.17, 15) is 15.4 Å². The van der Waals surface area contributed by atoms with Crippen molar-refractivity contribution in [3.8, 4) is 6.07 Å². The molecule has 0 saturated carbocycles. The summed E-state index contributed by atoms with van der Waals surface area (Å²) in [6.07, 6.45) is 0. The lowest BCUT2D eigenvalue weighted by Crippen LogP contribution is -2.33. The van der Waals surface area contributed by atoms with Gasteiger partial charge in [-0.1, -0.05) is 90.3 Å². The van der Waals surface area contributed by atoms with Crippen LogP contribution in [0, 0.1) is 21.4 Å². The van der Waals surface area contributed by atoms with Gasteiger partial charge in [-0.05, 0) is 29.8 Å². The van der Waals surface area contributed by atoms with E-state index in [1.165, 1.54) is 23.5 Å². The maximum atomic E-state index is 11.5. The Balaban J connectivity index is 2.10. The Morgan fingerprint density at radius 3 is 1.68 bits per heavy atom. The smallest absolute Gasteiger partial charge is 0.213 e. The van der Waals surface area contributed by atoms with Gasteiger partial charge in [0.2, 0.25) is 6.54 Å². The standard InChI is InChI=1S/C22H18N2O2S2/c23-17-22(27-19-12-6-2-7-13-19,28-20-14-8-3-9-15-20)21(16-24(25)26)18-10-4-1-5-11-18/h1-15,21H,16H2/t21-/m0/s1. The molecule has 0 N–H and O–H groups in total. The summed E-state index contributed by atoms with van der Waals surface area (Å²) in [6, 6.07) is 30.9. The van der Waals surface area contributed by atoms with E-state index < -0.39 is 10.00 Å². The van der Waals surface area contributed by atoms with Crippen molar-refractivity contribution >= 4 is 23.5 Å². The van der Waals surface area contributed by atoms with E-state index in [-0.39, 0.29) is 11.5 Å². The molecule has 0 aromatic heterocycles. The molecule has 0 fully saturated rings. The first-order valence-electron chi connectivity index (χ1n) is 8.69. The quantitative estimate of drug-likeness (QED) is 0.203.